The molecule has 0 N–H and O–H groups in total. The van der Waals surface area contributed by atoms with Crippen molar-refractivity contribution in [3.63, 3.8) is 0 Å². The highest BCUT2D eigenvalue weighted by Crippen LogP contribution is 2.43. The van der Waals surface area contributed by atoms with Crippen molar-refractivity contribution >= 4 is 17.3 Å². The summed E-state index contributed by atoms with van der Waals surface area (Å²) in [5, 5.41) is 8.96. The van der Waals surface area contributed by atoms with E-state index < -0.39 is 39.5 Å². The Morgan fingerprint density at radius 1 is 1.16 bits per heavy atom. The standard InChI is InChI=1S/C8H2ClF6NO3/c9-6-4(7(10,11)12)1-3(16(17)18)2-5(6)19-8(13,14)15/h1-2H. The fourth-order valence-electron chi connectivity index (χ4n) is 1.09. The quantitative estimate of drug-likeness (QED) is 0.468. The molecule has 0 unspecified atom stereocenters. The van der Waals surface area contributed by atoms with Gasteiger partial charge in [0.05, 0.1) is 21.6 Å². The summed E-state index contributed by atoms with van der Waals surface area (Å²) in [4.78, 5) is 9.07. The van der Waals surface area contributed by atoms with Crippen LogP contribution in [0.15, 0.2) is 12.1 Å². The molecule has 0 saturated carbocycles. The third-order valence-corrected chi connectivity index (χ3v) is 2.16. The summed E-state index contributed by atoms with van der Waals surface area (Å²) in [5.74, 6) is -1.49. The van der Waals surface area contributed by atoms with E-state index in [0.29, 0.717) is 0 Å². The summed E-state index contributed by atoms with van der Waals surface area (Å²) in [7, 11) is 0. The summed E-state index contributed by atoms with van der Waals surface area (Å²) < 4.78 is 76.5. The van der Waals surface area contributed by atoms with Crippen molar-refractivity contribution in [2.24, 2.45) is 0 Å². The van der Waals surface area contributed by atoms with E-state index >= 15 is 0 Å². The van der Waals surface area contributed by atoms with Crippen LogP contribution in [0.1, 0.15) is 5.56 Å². The molecule has 1 rings (SSSR count). The lowest BCUT2D eigenvalue weighted by Gasteiger charge is -2.14. The van der Waals surface area contributed by atoms with Crippen molar-refractivity contribution in [1.82, 2.24) is 0 Å². The zero-order valence-corrected chi connectivity index (χ0v) is 9.23. The van der Waals surface area contributed by atoms with Gasteiger partial charge < -0.3 is 4.74 Å². The molecule has 19 heavy (non-hydrogen) atoms. The number of halogens is 7. The number of nitrogens with zero attached hydrogens (tertiary/aromatic N) is 1. The molecule has 0 aromatic heterocycles. The second kappa shape index (κ2) is 4.76. The molecule has 0 saturated heterocycles. The molecule has 0 heterocycles. The van der Waals surface area contributed by atoms with Gasteiger partial charge >= 0.3 is 12.5 Å². The van der Waals surface area contributed by atoms with Crippen LogP contribution in [0.4, 0.5) is 32.0 Å². The Morgan fingerprint density at radius 2 is 1.68 bits per heavy atom. The van der Waals surface area contributed by atoms with E-state index in [4.69, 9.17) is 11.6 Å². The monoisotopic (exact) mass is 309 g/mol. The molecule has 0 amide bonds. The Labute approximate surface area is 105 Å². The number of rotatable bonds is 2. The number of nitro groups is 1. The van der Waals surface area contributed by atoms with Crippen molar-refractivity contribution in [2.45, 2.75) is 12.5 Å². The highest BCUT2D eigenvalue weighted by molar-refractivity contribution is 6.33. The van der Waals surface area contributed by atoms with Crippen molar-refractivity contribution in [1.29, 1.82) is 0 Å². The van der Waals surface area contributed by atoms with Crippen molar-refractivity contribution < 1.29 is 36.0 Å². The SMILES string of the molecule is O=[N+]([O-])c1cc(OC(F)(F)F)c(Cl)c(C(F)(F)F)c1. The maximum absolute atomic E-state index is 12.5. The maximum atomic E-state index is 12.5. The summed E-state index contributed by atoms with van der Waals surface area (Å²) in [6.07, 6.45) is -10.5. The van der Waals surface area contributed by atoms with Gasteiger partial charge in [0.25, 0.3) is 5.69 Å². The molecule has 1 aromatic carbocycles. The summed E-state index contributed by atoms with van der Waals surface area (Å²) in [6.45, 7) is 0. The molecule has 1 aromatic rings. The van der Waals surface area contributed by atoms with E-state index in [1.54, 1.807) is 0 Å². The smallest absolute Gasteiger partial charge is 0.404 e. The average molecular weight is 310 g/mol. The molecule has 0 spiro atoms. The number of nitro benzene ring substituents is 1. The van der Waals surface area contributed by atoms with Crippen LogP contribution in [0.25, 0.3) is 0 Å². The molecule has 0 bridgehead atoms. The lowest BCUT2D eigenvalue weighted by Crippen LogP contribution is -2.18. The minimum Gasteiger partial charge on any atom is -0.404 e. The van der Waals surface area contributed by atoms with Gasteiger partial charge in [-0.15, -0.1) is 13.2 Å². The van der Waals surface area contributed by atoms with Crippen molar-refractivity contribution in [2.75, 3.05) is 0 Å². The Hall–Kier alpha value is -1.71. The van der Waals surface area contributed by atoms with Crippen LogP contribution in [0.3, 0.4) is 0 Å². The minimum atomic E-state index is -5.33. The lowest BCUT2D eigenvalue weighted by molar-refractivity contribution is -0.385. The predicted molar refractivity (Wildman–Crippen MR) is 49.8 cm³/mol. The maximum Gasteiger partial charge on any atom is 0.573 e. The predicted octanol–water partition coefficient (Wildman–Crippen LogP) is 4.17. The topological polar surface area (TPSA) is 52.4 Å². The van der Waals surface area contributed by atoms with Gasteiger partial charge in [0, 0.05) is 6.07 Å². The first-order chi connectivity index (χ1) is 8.42. The first-order valence-corrected chi connectivity index (χ1v) is 4.60. The van der Waals surface area contributed by atoms with Gasteiger partial charge in [0.1, 0.15) is 0 Å². The van der Waals surface area contributed by atoms with Crippen LogP contribution < -0.4 is 4.74 Å². The van der Waals surface area contributed by atoms with Gasteiger partial charge in [-0.2, -0.15) is 13.2 Å². The molecular weight excluding hydrogens is 308 g/mol. The van der Waals surface area contributed by atoms with Crippen LogP contribution in [-0.4, -0.2) is 11.3 Å². The molecule has 106 valence electrons. The normalized spacial score (nSPS) is 12.4. The Balaban J connectivity index is 3.46. The first-order valence-electron chi connectivity index (χ1n) is 4.22. The van der Waals surface area contributed by atoms with Crippen LogP contribution in [0.5, 0.6) is 5.75 Å². The molecule has 11 heteroatoms. The van der Waals surface area contributed by atoms with E-state index in [1.807, 2.05) is 0 Å². The van der Waals surface area contributed by atoms with Gasteiger partial charge in [-0.05, 0) is 0 Å². The number of ether oxygens (including phenoxy) is 1. The molecule has 0 aliphatic carbocycles. The van der Waals surface area contributed by atoms with Crippen LogP contribution in [0, 0.1) is 10.1 Å². The largest absolute Gasteiger partial charge is 0.573 e. The highest BCUT2D eigenvalue weighted by atomic mass is 35.5. The average Bonchev–Trinajstić information content (AvgIpc) is 2.16. The van der Waals surface area contributed by atoms with Gasteiger partial charge in [-0.3, -0.25) is 10.1 Å². The van der Waals surface area contributed by atoms with Crippen molar-refractivity contribution in [3.8, 4) is 5.75 Å². The number of benzene rings is 1. The van der Waals surface area contributed by atoms with Crippen LogP contribution >= 0.6 is 11.6 Å². The van der Waals surface area contributed by atoms with E-state index in [1.165, 1.54) is 0 Å². The first kappa shape index (κ1) is 15.3. The Kier molecular flexibility index (Phi) is 3.84. The van der Waals surface area contributed by atoms with Gasteiger partial charge in [-0.25, -0.2) is 0 Å². The fourth-order valence-corrected chi connectivity index (χ4v) is 1.35. The number of hydrogen-bond donors (Lipinski definition) is 0. The van der Waals surface area contributed by atoms with Gasteiger partial charge in [0.2, 0.25) is 0 Å². The summed E-state index contributed by atoms with van der Waals surface area (Å²) in [6, 6.07) is 0.177. The van der Waals surface area contributed by atoms with Crippen LogP contribution in [-0.2, 0) is 6.18 Å². The molecule has 4 nitrogen and oxygen atoms in total. The lowest BCUT2D eigenvalue weighted by atomic mass is 10.2. The van der Waals surface area contributed by atoms with Gasteiger partial charge in [0.15, 0.2) is 5.75 Å². The number of alkyl halides is 6. The molecule has 0 fully saturated rings. The van der Waals surface area contributed by atoms with E-state index in [9.17, 15) is 36.5 Å². The Bertz CT molecular complexity index is 512. The van der Waals surface area contributed by atoms with Crippen molar-refractivity contribution in [3.05, 3.63) is 32.8 Å². The summed E-state index contributed by atoms with van der Waals surface area (Å²) in [5.41, 5.74) is -3.02. The fraction of sp³-hybridized carbons (Fsp3) is 0.250. The van der Waals surface area contributed by atoms with E-state index in [-0.39, 0.29) is 12.1 Å². The number of non-ortho nitro benzene ring substituents is 1. The third kappa shape index (κ3) is 3.88. The molecule has 0 aliphatic heterocycles. The highest BCUT2D eigenvalue weighted by Gasteiger charge is 2.39. The molecule has 0 aliphatic rings. The molecule has 0 radical (unpaired) electrons. The van der Waals surface area contributed by atoms with Crippen LogP contribution in [0.2, 0.25) is 5.02 Å². The zero-order valence-electron chi connectivity index (χ0n) is 8.47. The van der Waals surface area contributed by atoms with E-state index in [2.05, 4.69) is 4.74 Å². The second-order valence-corrected chi connectivity index (χ2v) is 3.49. The number of hydrogen-bond acceptors (Lipinski definition) is 3. The Morgan fingerprint density at radius 3 is 2.05 bits per heavy atom. The minimum absolute atomic E-state index is 0.0194. The molecular formula is C8H2ClF6NO3. The second-order valence-electron chi connectivity index (χ2n) is 3.11. The molecule has 0 atom stereocenters. The third-order valence-electron chi connectivity index (χ3n) is 1.77. The zero-order chi connectivity index (χ0) is 15.0. The van der Waals surface area contributed by atoms with E-state index in [0.717, 1.165) is 0 Å². The van der Waals surface area contributed by atoms with Gasteiger partial charge in [-0.1, -0.05) is 11.6 Å². The summed E-state index contributed by atoms with van der Waals surface area (Å²) >= 11 is 5.11.